The number of hydrogen-bond acceptors (Lipinski definition) is 2. The summed E-state index contributed by atoms with van der Waals surface area (Å²) in [6.45, 7) is 7.47. The van der Waals surface area contributed by atoms with Gasteiger partial charge in [-0.3, -0.25) is 0 Å². The maximum Gasteiger partial charge on any atom is 0.00915 e. The highest BCUT2D eigenvalue weighted by atomic mass is 15.1. The van der Waals surface area contributed by atoms with Crippen LogP contribution in [-0.2, 0) is 0 Å². The van der Waals surface area contributed by atoms with Gasteiger partial charge in [0, 0.05) is 6.04 Å². The number of piperidine rings is 1. The van der Waals surface area contributed by atoms with Crippen LogP contribution < -0.4 is 5.32 Å². The largest absolute Gasteiger partial charge is 0.314 e. The second-order valence-electron chi connectivity index (χ2n) is 6.46. The molecule has 2 nitrogen and oxygen atoms in total. The summed E-state index contributed by atoms with van der Waals surface area (Å²) < 4.78 is 0. The highest BCUT2D eigenvalue weighted by molar-refractivity contribution is 4.93. The van der Waals surface area contributed by atoms with Crippen LogP contribution >= 0.6 is 0 Å². The maximum atomic E-state index is 3.88. The van der Waals surface area contributed by atoms with E-state index in [4.69, 9.17) is 0 Å². The Morgan fingerprint density at radius 3 is 2.06 bits per heavy atom. The highest BCUT2D eigenvalue weighted by Gasteiger charge is 2.41. The summed E-state index contributed by atoms with van der Waals surface area (Å²) in [5, 5.41) is 3.88. The minimum absolute atomic E-state index is 0.817. The van der Waals surface area contributed by atoms with Crippen LogP contribution in [0.2, 0.25) is 0 Å². The third-order valence-electron chi connectivity index (χ3n) is 5.13. The van der Waals surface area contributed by atoms with E-state index in [1.54, 1.807) is 0 Å². The van der Waals surface area contributed by atoms with Crippen LogP contribution in [0.3, 0.4) is 0 Å². The van der Waals surface area contributed by atoms with E-state index in [9.17, 15) is 0 Å². The molecule has 2 heteroatoms. The summed E-state index contributed by atoms with van der Waals surface area (Å²) in [5.41, 5.74) is 0. The van der Waals surface area contributed by atoms with Crippen molar-refractivity contribution in [3.8, 4) is 0 Å². The van der Waals surface area contributed by atoms with Gasteiger partial charge in [0.2, 0.25) is 0 Å². The van der Waals surface area contributed by atoms with Crippen LogP contribution in [0.1, 0.15) is 45.4 Å². The van der Waals surface area contributed by atoms with Crippen LogP contribution in [0.15, 0.2) is 0 Å². The van der Waals surface area contributed by atoms with Crippen LogP contribution in [-0.4, -0.2) is 37.1 Å². The second-order valence-corrected chi connectivity index (χ2v) is 6.46. The van der Waals surface area contributed by atoms with Crippen LogP contribution in [0.5, 0.6) is 0 Å². The number of nitrogens with zero attached hydrogens (tertiary/aromatic N) is 1. The predicted molar refractivity (Wildman–Crippen MR) is 72.1 cm³/mol. The Kier molecular flexibility index (Phi) is 3.72. The van der Waals surface area contributed by atoms with E-state index >= 15 is 0 Å². The lowest BCUT2D eigenvalue weighted by Gasteiger charge is -2.32. The van der Waals surface area contributed by atoms with Gasteiger partial charge in [-0.15, -0.1) is 0 Å². The number of nitrogens with one attached hydrogen (secondary N) is 1. The van der Waals surface area contributed by atoms with Gasteiger partial charge >= 0.3 is 0 Å². The van der Waals surface area contributed by atoms with E-state index in [1.807, 2.05) is 0 Å². The molecule has 3 aliphatic rings. The van der Waals surface area contributed by atoms with Gasteiger partial charge in [-0.05, 0) is 82.5 Å². The molecule has 0 spiro atoms. The summed E-state index contributed by atoms with van der Waals surface area (Å²) in [6.07, 6.45) is 8.84. The van der Waals surface area contributed by atoms with Gasteiger partial charge in [0.15, 0.2) is 0 Å². The van der Waals surface area contributed by atoms with Crippen molar-refractivity contribution in [3.63, 3.8) is 0 Å². The van der Waals surface area contributed by atoms with Gasteiger partial charge < -0.3 is 10.2 Å². The van der Waals surface area contributed by atoms with E-state index in [1.165, 1.54) is 64.7 Å². The Bertz CT molecular complexity index is 225. The zero-order chi connectivity index (χ0) is 11.7. The zero-order valence-electron chi connectivity index (χ0n) is 11.3. The third kappa shape index (κ3) is 3.23. The smallest absolute Gasteiger partial charge is 0.00915 e. The van der Waals surface area contributed by atoms with Crippen molar-refractivity contribution in [2.75, 3.05) is 26.2 Å². The standard InChI is InChI=1S/C15H28N2/c1-2-17-9-7-14(8-10-17)16-11-15(12-3-4-12)13-5-6-13/h12-16H,2-11H2,1H3. The first-order valence-electron chi connectivity index (χ1n) is 7.82. The second kappa shape index (κ2) is 5.27. The molecular weight excluding hydrogens is 208 g/mol. The van der Waals surface area contributed by atoms with E-state index in [0.717, 1.165) is 23.8 Å². The third-order valence-corrected chi connectivity index (χ3v) is 5.13. The molecule has 0 aromatic rings. The summed E-state index contributed by atoms with van der Waals surface area (Å²) >= 11 is 0. The van der Waals surface area contributed by atoms with Gasteiger partial charge in [-0.2, -0.15) is 0 Å². The van der Waals surface area contributed by atoms with Gasteiger partial charge in [-0.25, -0.2) is 0 Å². The van der Waals surface area contributed by atoms with Crippen molar-refractivity contribution in [2.24, 2.45) is 17.8 Å². The van der Waals surface area contributed by atoms with Crippen molar-refractivity contribution in [3.05, 3.63) is 0 Å². The number of rotatable bonds is 6. The number of hydrogen-bond donors (Lipinski definition) is 1. The Labute approximate surface area is 106 Å². The molecule has 1 N–H and O–H groups in total. The van der Waals surface area contributed by atoms with E-state index in [2.05, 4.69) is 17.1 Å². The maximum absolute atomic E-state index is 3.88. The van der Waals surface area contributed by atoms with Gasteiger partial charge in [0.05, 0.1) is 0 Å². The monoisotopic (exact) mass is 236 g/mol. The molecule has 0 unspecified atom stereocenters. The average molecular weight is 236 g/mol. The SMILES string of the molecule is CCN1CCC(NCC(C2CC2)C2CC2)CC1. The van der Waals surface area contributed by atoms with E-state index in [0.29, 0.717) is 0 Å². The predicted octanol–water partition coefficient (Wildman–Crippen LogP) is 2.50. The Balaban J connectivity index is 1.38. The highest BCUT2D eigenvalue weighted by Crippen LogP contribution is 2.48. The minimum Gasteiger partial charge on any atom is -0.314 e. The Hall–Kier alpha value is -0.0800. The lowest BCUT2D eigenvalue weighted by Crippen LogP contribution is -2.44. The molecule has 1 heterocycles. The molecule has 1 saturated heterocycles. The topological polar surface area (TPSA) is 15.3 Å². The fraction of sp³-hybridized carbons (Fsp3) is 1.00. The van der Waals surface area contributed by atoms with Gasteiger partial charge in [0.25, 0.3) is 0 Å². The Morgan fingerprint density at radius 2 is 1.59 bits per heavy atom. The minimum atomic E-state index is 0.817. The molecule has 0 radical (unpaired) electrons. The molecule has 3 rings (SSSR count). The quantitative estimate of drug-likeness (QED) is 0.762. The van der Waals surface area contributed by atoms with Crippen molar-refractivity contribution in [2.45, 2.75) is 51.5 Å². The summed E-state index contributed by atoms with van der Waals surface area (Å²) in [6, 6.07) is 0.817. The molecule has 98 valence electrons. The molecule has 0 bridgehead atoms. The van der Waals surface area contributed by atoms with E-state index in [-0.39, 0.29) is 0 Å². The summed E-state index contributed by atoms with van der Waals surface area (Å²) in [5.74, 6) is 3.25. The molecule has 0 aromatic heterocycles. The molecule has 3 fully saturated rings. The van der Waals surface area contributed by atoms with Gasteiger partial charge in [-0.1, -0.05) is 6.92 Å². The van der Waals surface area contributed by atoms with Crippen LogP contribution in [0.25, 0.3) is 0 Å². The van der Waals surface area contributed by atoms with Crippen LogP contribution in [0, 0.1) is 17.8 Å². The molecule has 17 heavy (non-hydrogen) atoms. The Morgan fingerprint density at radius 1 is 1.00 bits per heavy atom. The molecule has 0 aromatic carbocycles. The lowest BCUT2D eigenvalue weighted by molar-refractivity contribution is 0.199. The van der Waals surface area contributed by atoms with Crippen molar-refractivity contribution in [1.29, 1.82) is 0 Å². The van der Waals surface area contributed by atoms with Crippen molar-refractivity contribution in [1.82, 2.24) is 10.2 Å². The molecule has 2 aliphatic carbocycles. The summed E-state index contributed by atoms with van der Waals surface area (Å²) in [4.78, 5) is 2.58. The first-order chi connectivity index (χ1) is 8.36. The molecule has 1 aliphatic heterocycles. The lowest BCUT2D eigenvalue weighted by atomic mass is 9.96. The van der Waals surface area contributed by atoms with E-state index < -0.39 is 0 Å². The fourth-order valence-corrected chi connectivity index (χ4v) is 3.52. The average Bonchev–Trinajstić information content (AvgIpc) is 3.24. The molecular formula is C15H28N2. The fourth-order valence-electron chi connectivity index (χ4n) is 3.52. The normalized spacial score (nSPS) is 27.9. The molecule has 0 amide bonds. The van der Waals surface area contributed by atoms with Gasteiger partial charge in [0.1, 0.15) is 0 Å². The molecule has 0 atom stereocenters. The van der Waals surface area contributed by atoms with Crippen LogP contribution in [0.4, 0.5) is 0 Å². The number of likely N-dealkylation sites (tertiary alicyclic amines) is 1. The molecule has 2 saturated carbocycles. The first-order valence-corrected chi connectivity index (χ1v) is 7.82. The zero-order valence-corrected chi connectivity index (χ0v) is 11.3. The summed E-state index contributed by atoms with van der Waals surface area (Å²) in [7, 11) is 0. The van der Waals surface area contributed by atoms with Crippen molar-refractivity contribution >= 4 is 0 Å². The first kappa shape index (κ1) is 12.0. The van der Waals surface area contributed by atoms with Crippen molar-refractivity contribution < 1.29 is 0 Å².